The quantitative estimate of drug-likeness (QED) is 0.832. The first-order chi connectivity index (χ1) is 9.52. The minimum Gasteiger partial charge on any atom is -0.481 e. The van der Waals surface area contributed by atoms with Crippen molar-refractivity contribution in [1.29, 1.82) is 0 Å². The van der Waals surface area contributed by atoms with Crippen molar-refractivity contribution < 1.29 is 15.0 Å². The van der Waals surface area contributed by atoms with Crippen LogP contribution in [0.2, 0.25) is 0 Å². The molecular weight excluding hydrogens is 254 g/mol. The van der Waals surface area contributed by atoms with E-state index in [1.807, 2.05) is 0 Å². The SMILES string of the molecule is CCC1CCCN(CC2(O)CCC(C(=O)O)CC2)CC1. The first-order valence-electron chi connectivity index (χ1n) is 8.20. The summed E-state index contributed by atoms with van der Waals surface area (Å²) in [6.45, 7) is 5.17. The Morgan fingerprint density at radius 3 is 2.50 bits per heavy atom. The molecule has 1 saturated heterocycles. The molecule has 2 rings (SSSR count). The Bertz CT molecular complexity index is 324. The summed E-state index contributed by atoms with van der Waals surface area (Å²) in [4.78, 5) is 13.4. The van der Waals surface area contributed by atoms with Crippen molar-refractivity contribution in [1.82, 2.24) is 4.90 Å². The monoisotopic (exact) mass is 283 g/mol. The van der Waals surface area contributed by atoms with Gasteiger partial charge in [0.2, 0.25) is 0 Å². The van der Waals surface area contributed by atoms with Crippen LogP contribution >= 0.6 is 0 Å². The van der Waals surface area contributed by atoms with Crippen LogP contribution in [-0.2, 0) is 4.79 Å². The summed E-state index contributed by atoms with van der Waals surface area (Å²) >= 11 is 0. The summed E-state index contributed by atoms with van der Waals surface area (Å²) in [7, 11) is 0. The summed E-state index contributed by atoms with van der Waals surface area (Å²) in [6.07, 6.45) is 7.56. The van der Waals surface area contributed by atoms with Gasteiger partial charge < -0.3 is 15.1 Å². The number of carbonyl (C=O) groups is 1. The highest BCUT2D eigenvalue weighted by atomic mass is 16.4. The second-order valence-electron chi connectivity index (χ2n) is 6.82. The third-order valence-electron chi connectivity index (χ3n) is 5.30. The molecule has 0 bridgehead atoms. The van der Waals surface area contributed by atoms with Crippen molar-refractivity contribution in [3.05, 3.63) is 0 Å². The third kappa shape index (κ3) is 4.19. The number of carboxylic acids is 1. The number of aliphatic carboxylic acids is 1. The van der Waals surface area contributed by atoms with E-state index >= 15 is 0 Å². The molecule has 0 aromatic rings. The zero-order chi connectivity index (χ0) is 14.6. The predicted molar refractivity (Wildman–Crippen MR) is 78.6 cm³/mol. The van der Waals surface area contributed by atoms with E-state index in [0.29, 0.717) is 25.7 Å². The molecule has 0 aromatic carbocycles. The van der Waals surface area contributed by atoms with Gasteiger partial charge in [-0.3, -0.25) is 4.79 Å². The highest BCUT2D eigenvalue weighted by Crippen LogP contribution is 2.33. The van der Waals surface area contributed by atoms with E-state index in [2.05, 4.69) is 11.8 Å². The van der Waals surface area contributed by atoms with E-state index in [-0.39, 0.29) is 5.92 Å². The van der Waals surface area contributed by atoms with E-state index < -0.39 is 11.6 Å². The zero-order valence-corrected chi connectivity index (χ0v) is 12.7. The summed E-state index contributed by atoms with van der Waals surface area (Å²) in [5.41, 5.74) is -0.655. The van der Waals surface area contributed by atoms with Crippen LogP contribution in [0.15, 0.2) is 0 Å². The molecule has 1 atom stereocenters. The topological polar surface area (TPSA) is 60.8 Å². The van der Waals surface area contributed by atoms with Gasteiger partial charge in [0.05, 0.1) is 11.5 Å². The number of aliphatic hydroxyl groups is 1. The molecule has 116 valence electrons. The van der Waals surface area contributed by atoms with Crippen LogP contribution < -0.4 is 0 Å². The molecule has 0 amide bonds. The van der Waals surface area contributed by atoms with Crippen LogP contribution in [0.5, 0.6) is 0 Å². The summed E-state index contributed by atoms with van der Waals surface area (Å²) in [5, 5.41) is 19.7. The smallest absolute Gasteiger partial charge is 0.306 e. The molecule has 1 aliphatic carbocycles. The van der Waals surface area contributed by atoms with Gasteiger partial charge in [-0.1, -0.05) is 13.3 Å². The van der Waals surface area contributed by atoms with E-state index in [1.165, 1.54) is 25.7 Å². The Labute approximate surface area is 122 Å². The fraction of sp³-hybridized carbons (Fsp3) is 0.938. The van der Waals surface area contributed by atoms with Gasteiger partial charge in [0.25, 0.3) is 0 Å². The van der Waals surface area contributed by atoms with Gasteiger partial charge in [0.1, 0.15) is 0 Å². The van der Waals surface area contributed by atoms with E-state index in [1.54, 1.807) is 0 Å². The highest BCUT2D eigenvalue weighted by molar-refractivity contribution is 5.70. The molecule has 1 unspecified atom stereocenters. The normalized spacial score (nSPS) is 36.5. The van der Waals surface area contributed by atoms with Gasteiger partial charge in [-0.05, 0) is 64.0 Å². The lowest BCUT2D eigenvalue weighted by molar-refractivity contribution is -0.145. The van der Waals surface area contributed by atoms with E-state index in [0.717, 1.165) is 25.6 Å². The molecule has 4 nitrogen and oxygen atoms in total. The average molecular weight is 283 g/mol. The first-order valence-corrected chi connectivity index (χ1v) is 8.20. The van der Waals surface area contributed by atoms with Crippen molar-refractivity contribution in [3.63, 3.8) is 0 Å². The molecule has 0 aromatic heterocycles. The lowest BCUT2D eigenvalue weighted by atomic mass is 9.78. The van der Waals surface area contributed by atoms with Crippen molar-refractivity contribution in [2.24, 2.45) is 11.8 Å². The lowest BCUT2D eigenvalue weighted by Crippen LogP contribution is -2.46. The van der Waals surface area contributed by atoms with Gasteiger partial charge in [-0.15, -0.1) is 0 Å². The highest BCUT2D eigenvalue weighted by Gasteiger charge is 2.37. The van der Waals surface area contributed by atoms with Crippen LogP contribution in [0.1, 0.15) is 58.3 Å². The summed E-state index contributed by atoms with van der Waals surface area (Å²) < 4.78 is 0. The van der Waals surface area contributed by atoms with Crippen molar-refractivity contribution in [2.45, 2.75) is 63.9 Å². The summed E-state index contributed by atoms with van der Waals surface area (Å²) in [6, 6.07) is 0. The van der Waals surface area contributed by atoms with Crippen molar-refractivity contribution >= 4 is 5.97 Å². The number of likely N-dealkylation sites (tertiary alicyclic amines) is 1. The fourth-order valence-electron chi connectivity index (χ4n) is 3.77. The number of hydrogen-bond acceptors (Lipinski definition) is 3. The Morgan fingerprint density at radius 2 is 1.90 bits per heavy atom. The van der Waals surface area contributed by atoms with Crippen molar-refractivity contribution in [3.8, 4) is 0 Å². The lowest BCUT2D eigenvalue weighted by Gasteiger charge is -2.38. The van der Waals surface area contributed by atoms with Crippen molar-refractivity contribution in [2.75, 3.05) is 19.6 Å². The molecule has 20 heavy (non-hydrogen) atoms. The molecule has 1 aliphatic heterocycles. The number of hydrogen-bond donors (Lipinski definition) is 2. The van der Waals surface area contributed by atoms with Crippen LogP contribution in [-0.4, -0.2) is 46.3 Å². The Hall–Kier alpha value is -0.610. The van der Waals surface area contributed by atoms with Gasteiger partial charge in [-0.25, -0.2) is 0 Å². The van der Waals surface area contributed by atoms with E-state index in [4.69, 9.17) is 5.11 Å². The largest absolute Gasteiger partial charge is 0.481 e. The van der Waals surface area contributed by atoms with Crippen LogP contribution in [0.3, 0.4) is 0 Å². The minimum absolute atomic E-state index is 0.246. The molecular formula is C16H29NO3. The molecule has 0 spiro atoms. The zero-order valence-electron chi connectivity index (χ0n) is 12.7. The second kappa shape index (κ2) is 6.90. The molecule has 2 fully saturated rings. The van der Waals surface area contributed by atoms with Crippen LogP contribution in [0, 0.1) is 11.8 Å². The molecule has 4 heteroatoms. The standard InChI is InChI=1S/C16H29NO3/c1-2-13-4-3-10-17(11-7-13)12-16(20)8-5-14(6-9-16)15(18)19/h13-14,20H,2-12H2,1H3,(H,18,19). The Balaban J connectivity index is 1.82. The molecule has 2 aliphatic rings. The van der Waals surface area contributed by atoms with Crippen LogP contribution in [0.25, 0.3) is 0 Å². The molecule has 1 heterocycles. The maximum absolute atomic E-state index is 11.0. The van der Waals surface area contributed by atoms with Gasteiger partial charge >= 0.3 is 5.97 Å². The maximum atomic E-state index is 11.0. The number of rotatable bonds is 4. The molecule has 2 N–H and O–H groups in total. The molecule has 1 saturated carbocycles. The maximum Gasteiger partial charge on any atom is 0.306 e. The first kappa shape index (κ1) is 15.8. The average Bonchev–Trinajstić information content (AvgIpc) is 2.64. The molecule has 0 radical (unpaired) electrons. The Morgan fingerprint density at radius 1 is 1.20 bits per heavy atom. The number of nitrogens with zero attached hydrogens (tertiary/aromatic N) is 1. The summed E-state index contributed by atoms with van der Waals surface area (Å²) in [5.74, 6) is -0.103. The van der Waals surface area contributed by atoms with Gasteiger partial charge in [-0.2, -0.15) is 0 Å². The second-order valence-corrected chi connectivity index (χ2v) is 6.82. The Kier molecular flexibility index (Phi) is 5.44. The third-order valence-corrected chi connectivity index (χ3v) is 5.30. The minimum atomic E-state index is -0.701. The number of carboxylic acid groups (broad SMARTS) is 1. The van der Waals surface area contributed by atoms with Gasteiger partial charge in [0, 0.05) is 6.54 Å². The van der Waals surface area contributed by atoms with Crippen LogP contribution in [0.4, 0.5) is 0 Å². The van der Waals surface area contributed by atoms with Gasteiger partial charge in [0.15, 0.2) is 0 Å². The van der Waals surface area contributed by atoms with E-state index in [9.17, 15) is 9.90 Å². The fourth-order valence-corrected chi connectivity index (χ4v) is 3.77. The predicted octanol–water partition coefficient (Wildman–Crippen LogP) is 2.50. The number of β-amino-alcohol motifs (C(OH)–C–C–N with tert-alkyl or cyclic N) is 1.